The molecule has 1 aliphatic rings. The zero-order valence-corrected chi connectivity index (χ0v) is 23.1. The van der Waals surface area contributed by atoms with E-state index >= 15 is 0 Å². The molecule has 0 radical (unpaired) electrons. The van der Waals surface area contributed by atoms with Crippen molar-refractivity contribution in [1.82, 2.24) is 9.91 Å². The number of benzene rings is 3. The monoisotopic (exact) mass is 546 g/mol. The number of anilines is 1. The topological polar surface area (TPSA) is 102 Å². The first kappa shape index (κ1) is 28.4. The summed E-state index contributed by atoms with van der Waals surface area (Å²) in [5, 5.41) is 9.05. The van der Waals surface area contributed by atoms with Gasteiger partial charge in [-0.3, -0.25) is 4.79 Å². The summed E-state index contributed by atoms with van der Waals surface area (Å²) in [6.07, 6.45) is 0.497. The number of carbonyl (C=O) groups is 2. The molecule has 1 aliphatic heterocycles. The van der Waals surface area contributed by atoms with E-state index in [0.29, 0.717) is 29.4 Å². The second kappa shape index (κ2) is 13.5. The first-order valence-electron chi connectivity index (χ1n) is 12.8. The number of amides is 3. The van der Waals surface area contributed by atoms with Crippen molar-refractivity contribution in [1.29, 1.82) is 0 Å². The Hall–Kier alpha value is -4.57. The normalized spacial score (nSPS) is 14.3. The van der Waals surface area contributed by atoms with Gasteiger partial charge < -0.3 is 29.2 Å². The van der Waals surface area contributed by atoms with Crippen molar-refractivity contribution in [2.45, 2.75) is 12.5 Å². The van der Waals surface area contributed by atoms with E-state index in [2.05, 4.69) is 5.32 Å². The summed E-state index contributed by atoms with van der Waals surface area (Å²) in [5.74, 6) is 1.60. The van der Waals surface area contributed by atoms with E-state index in [1.807, 2.05) is 54.6 Å². The van der Waals surface area contributed by atoms with Gasteiger partial charge in [-0.2, -0.15) is 5.10 Å². The fourth-order valence-electron chi connectivity index (χ4n) is 4.43. The number of nitrogens with one attached hydrogen (secondary N) is 1. The summed E-state index contributed by atoms with van der Waals surface area (Å²) in [4.78, 5) is 28.5. The Morgan fingerprint density at radius 3 is 2.38 bits per heavy atom. The minimum absolute atomic E-state index is 0.202. The van der Waals surface area contributed by atoms with E-state index in [1.54, 1.807) is 39.5 Å². The molecule has 4 rings (SSSR count). The summed E-state index contributed by atoms with van der Waals surface area (Å²) < 4.78 is 21.3. The molecule has 3 aromatic rings. The van der Waals surface area contributed by atoms with Crippen LogP contribution in [0, 0.1) is 0 Å². The highest BCUT2D eigenvalue weighted by molar-refractivity contribution is 6.04. The van der Waals surface area contributed by atoms with Crippen LogP contribution in [0.4, 0.5) is 10.5 Å². The number of urea groups is 1. The standard InChI is InChI=1S/C30H34N4O6/c1-37-17-16-33(30(36)31-25-10-5-6-11-28(25)40-4)20-29(35)34-27(21-12-14-23(38-2)15-13-21)19-26(32-34)22-8-7-9-24(18-22)39-3/h5-15,18,27H,16-17,19-20H2,1-4H3,(H,31,36)/t27-/m0/s1. The number of para-hydroxylation sites is 2. The van der Waals surface area contributed by atoms with Gasteiger partial charge in [-0.1, -0.05) is 36.4 Å². The molecular weight excluding hydrogens is 512 g/mol. The molecule has 10 heteroatoms. The van der Waals surface area contributed by atoms with E-state index in [1.165, 1.54) is 17.0 Å². The van der Waals surface area contributed by atoms with Gasteiger partial charge in [0.05, 0.1) is 45.4 Å². The van der Waals surface area contributed by atoms with Crippen molar-refractivity contribution >= 4 is 23.3 Å². The van der Waals surface area contributed by atoms with Crippen LogP contribution in [0.1, 0.15) is 23.6 Å². The van der Waals surface area contributed by atoms with Crippen molar-refractivity contribution < 1.29 is 28.5 Å². The summed E-state index contributed by atoms with van der Waals surface area (Å²) in [6.45, 7) is 0.259. The van der Waals surface area contributed by atoms with Crippen LogP contribution in [0.25, 0.3) is 0 Å². The van der Waals surface area contributed by atoms with Gasteiger partial charge in [-0.15, -0.1) is 0 Å². The van der Waals surface area contributed by atoms with Crippen LogP contribution >= 0.6 is 0 Å². The Morgan fingerprint density at radius 2 is 1.68 bits per heavy atom. The lowest BCUT2D eigenvalue weighted by Gasteiger charge is -2.27. The number of carbonyl (C=O) groups excluding carboxylic acids is 2. The van der Waals surface area contributed by atoms with Crippen molar-refractivity contribution in [3.8, 4) is 17.2 Å². The Morgan fingerprint density at radius 1 is 0.925 bits per heavy atom. The Balaban J connectivity index is 1.61. The number of hydrogen-bond acceptors (Lipinski definition) is 7. The fourth-order valence-corrected chi connectivity index (χ4v) is 4.43. The van der Waals surface area contributed by atoms with Gasteiger partial charge in [0.2, 0.25) is 0 Å². The molecule has 0 bridgehead atoms. The van der Waals surface area contributed by atoms with Gasteiger partial charge in [0.25, 0.3) is 5.91 Å². The molecular formula is C30H34N4O6. The van der Waals surface area contributed by atoms with Crippen LogP contribution in [-0.2, 0) is 9.53 Å². The Kier molecular flexibility index (Phi) is 9.58. The smallest absolute Gasteiger partial charge is 0.322 e. The predicted molar refractivity (Wildman–Crippen MR) is 152 cm³/mol. The molecule has 3 aromatic carbocycles. The highest BCUT2D eigenvalue weighted by Gasteiger charge is 2.34. The van der Waals surface area contributed by atoms with E-state index in [4.69, 9.17) is 24.0 Å². The lowest BCUT2D eigenvalue weighted by atomic mass is 9.98. The van der Waals surface area contributed by atoms with E-state index in [0.717, 1.165) is 16.8 Å². The number of ether oxygens (including phenoxy) is 4. The van der Waals surface area contributed by atoms with Gasteiger partial charge in [0.1, 0.15) is 23.8 Å². The Bertz CT molecular complexity index is 1340. The van der Waals surface area contributed by atoms with Gasteiger partial charge in [-0.25, -0.2) is 9.80 Å². The third kappa shape index (κ3) is 6.70. The molecule has 0 aromatic heterocycles. The molecule has 0 fully saturated rings. The Labute approximate surface area is 234 Å². The number of rotatable bonds is 11. The zero-order chi connectivity index (χ0) is 28.5. The van der Waals surface area contributed by atoms with Crippen LogP contribution in [-0.4, -0.2) is 75.7 Å². The minimum Gasteiger partial charge on any atom is -0.497 e. The van der Waals surface area contributed by atoms with Crippen molar-refractivity contribution in [2.24, 2.45) is 5.10 Å². The maximum absolute atomic E-state index is 13.8. The summed E-state index contributed by atoms with van der Waals surface area (Å²) in [5.41, 5.74) is 3.01. The molecule has 40 heavy (non-hydrogen) atoms. The highest BCUT2D eigenvalue weighted by atomic mass is 16.5. The molecule has 0 saturated carbocycles. The third-order valence-electron chi connectivity index (χ3n) is 6.60. The van der Waals surface area contributed by atoms with Crippen LogP contribution in [0.2, 0.25) is 0 Å². The van der Waals surface area contributed by atoms with Crippen LogP contribution in [0.5, 0.6) is 17.2 Å². The van der Waals surface area contributed by atoms with E-state index in [-0.39, 0.29) is 31.6 Å². The molecule has 1 heterocycles. The molecule has 0 unspecified atom stereocenters. The molecule has 1 atom stereocenters. The molecule has 3 amide bonds. The zero-order valence-electron chi connectivity index (χ0n) is 23.1. The van der Waals surface area contributed by atoms with E-state index < -0.39 is 6.03 Å². The summed E-state index contributed by atoms with van der Waals surface area (Å²) in [7, 11) is 6.29. The second-order valence-corrected chi connectivity index (χ2v) is 9.05. The molecule has 0 aliphatic carbocycles. The van der Waals surface area contributed by atoms with Crippen LogP contribution in [0.15, 0.2) is 77.9 Å². The maximum Gasteiger partial charge on any atom is 0.322 e. The van der Waals surface area contributed by atoms with Gasteiger partial charge in [0.15, 0.2) is 0 Å². The van der Waals surface area contributed by atoms with Crippen LogP contribution in [0.3, 0.4) is 0 Å². The lowest BCUT2D eigenvalue weighted by molar-refractivity contribution is -0.133. The molecule has 0 spiro atoms. The number of hydrogen-bond donors (Lipinski definition) is 1. The summed E-state index contributed by atoms with van der Waals surface area (Å²) >= 11 is 0. The van der Waals surface area contributed by atoms with Gasteiger partial charge in [0, 0.05) is 25.6 Å². The largest absolute Gasteiger partial charge is 0.497 e. The van der Waals surface area contributed by atoms with Crippen molar-refractivity contribution in [3.05, 3.63) is 83.9 Å². The SMILES string of the molecule is COCCN(CC(=O)N1N=C(c2cccc(OC)c2)C[C@H]1c1ccc(OC)cc1)C(=O)Nc1ccccc1OC. The highest BCUT2D eigenvalue weighted by Crippen LogP contribution is 2.34. The lowest BCUT2D eigenvalue weighted by Crippen LogP contribution is -2.44. The molecule has 1 N–H and O–H groups in total. The van der Waals surface area contributed by atoms with Gasteiger partial charge >= 0.3 is 6.03 Å². The first-order valence-corrected chi connectivity index (χ1v) is 12.8. The molecule has 0 saturated heterocycles. The number of nitrogens with zero attached hydrogens (tertiary/aromatic N) is 3. The molecule has 10 nitrogen and oxygen atoms in total. The quantitative estimate of drug-likeness (QED) is 0.378. The van der Waals surface area contributed by atoms with Gasteiger partial charge in [-0.05, 0) is 42.0 Å². The van der Waals surface area contributed by atoms with Crippen molar-refractivity contribution in [3.63, 3.8) is 0 Å². The average molecular weight is 547 g/mol. The first-order chi connectivity index (χ1) is 19.5. The van der Waals surface area contributed by atoms with Crippen LogP contribution < -0.4 is 19.5 Å². The fraction of sp³-hybridized carbons (Fsp3) is 0.300. The number of methoxy groups -OCH3 is 4. The summed E-state index contributed by atoms with van der Waals surface area (Å²) in [6, 6.07) is 21.4. The second-order valence-electron chi connectivity index (χ2n) is 9.05. The molecule has 210 valence electrons. The number of hydrazone groups is 1. The average Bonchev–Trinajstić information content (AvgIpc) is 3.45. The van der Waals surface area contributed by atoms with Crippen molar-refractivity contribution in [2.75, 3.05) is 53.5 Å². The maximum atomic E-state index is 13.8. The minimum atomic E-state index is -0.452. The third-order valence-corrected chi connectivity index (χ3v) is 6.60. The predicted octanol–water partition coefficient (Wildman–Crippen LogP) is 4.57. The van der Waals surface area contributed by atoms with E-state index in [9.17, 15) is 9.59 Å².